The minimum absolute atomic E-state index is 0.159. The number of anilines is 2. The second-order valence-electron chi connectivity index (χ2n) is 5.23. The van der Waals surface area contributed by atoms with Gasteiger partial charge < -0.3 is 11.1 Å². The van der Waals surface area contributed by atoms with E-state index in [-0.39, 0.29) is 5.91 Å². The molecular formula is C14H20FN3OS. The maximum absolute atomic E-state index is 13.1. The van der Waals surface area contributed by atoms with Gasteiger partial charge in [0, 0.05) is 23.6 Å². The number of nitrogens with zero attached hydrogens (tertiary/aromatic N) is 1. The Morgan fingerprint density at radius 2 is 2.10 bits per heavy atom. The van der Waals surface area contributed by atoms with Gasteiger partial charge in [0.1, 0.15) is 5.82 Å². The van der Waals surface area contributed by atoms with Crippen LogP contribution in [-0.4, -0.2) is 40.9 Å². The molecule has 0 radical (unpaired) electrons. The minimum Gasteiger partial charge on any atom is -0.397 e. The number of halogens is 1. The summed E-state index contributed by atoms with van der Waals surface area (Å²) < 4.78 is 13.1. The van der Waals surface area contributed by atoms with Gasteiger partial charge in [0.2, 0.25) is 5.91 Å². The fourth-order valence-electron chi connectivity index (χ4n) is 2.44. The molecule has 1 aliphatic heterocycles. The van der Waals surface area contributed by atoms with Crippen molar-refractivity contribution in [3.63, 3.8) is 0 Å². The van der Waals surface area contributed by atoms with Gasteiger partial charge in [-0.25, -0.2) is 4.39 Å². The van der Waals surface area contributed by atoms with Crippen LogP contribution in [0.2, 0.25) is 0 Å². The van der Waals surface area contributed by atoms with Crippen molar-refractivity contribution in [3.05, 3.63) is 24.0 Å². The first-order valence-corrected chi connectivity index (χ1v) is 7.61. The highest BCUT2D eigenvalue weighted by atomic mass is 32.2. The maximum atomic E-state index is 13.1. The predicted octanol–water partition coefficient (Wildman–Crippen LogP) is 2.17. The standard InChI is InChI=1S/C14H20FN3OS/c1-9-6-18(7-10(2)20-9)8-14(19)17-13-5-11(15)3-4-12(13)16/h3-5,9-10H,6-8,16H2,1-2H3,(H,17,19). The van der Waals surface area contributed by atoms with E-state index in [1.54, 1.807) is 0 Å². The lowest BCUT2D eigenvalue weighted by Gasteiger charge is -2.34. The van der Waals surface area contributed by atoms with Gasteiger partial charge in [-0.2, -0.15) is 11.8 Å². The highest BCUT2D eigenvalue weighted by Gasteiger charge is 2.23. The smallest absolute Gasteiger partial charge is 0.238 e. The van der Waals surface area contributed by atoms with Crippen LogP contribution in [0.4, 0.5) is 15.8 Å². The van der Waals surface area contributed by atoms with Gasteiger partial charge >= 0.3 is 0 Å². The third-order valence-electron chi connectivity index (χ3n) is 3.15. The average molecular weight is 297 g/mol. The van der Waals surface area contributed by atoms with Crippen molar-refractivity contribution >= 4 is 29.0 Å². The molecule has 1 aliphatic rings. The maximum Gasteiger partial charge on any atom is 0.238 e. The van der Waals surface area contributed by atoms with Crippen molar-refractivity contribution in [2.24, 2.45) is 0 Å². The second kappa shape index (κ2) is 6.45. The highest BCUT2D eigenvalue weighted by Crippen LogP contribution is 2.24. The molecule has 0 aliphatic carbocycles. The number of carbonyl (C=O) groups excluding carboxylic acids is 1. The fraction of sp³-hybridized carbons (Fsp3) is 0.500. The molecule has 2 unspecified atom stereocenters. The lowest BCUT2D eigenvalue weighted by atomic mass is 10.2. The molecule has 2 atom stereocenters. The highest BCUT2D eigenvalue weighted by molar-refractivity contribution is 8.00. The van der Waals surface area contributed by atoms with Crippen molar-refractivity contribution in [2.75, 3.05) is 30.7 Å². The van der Waals surface area contributed by atoms with Crippen LogP contribution >= 0.6 is 11.8 Å². The van der Waals surface area contributed by atoms with E-state index in [4.69, 9.17) is 5.73 Å². The molecule has 1 aromatic rings. The zero-order valence-electron chi connectivity index (χ0n) is 11.7. The molecular weight excluding hydrogens is 277 g/mol. The molecule has 20 heavy (non-hydrogen) atoms. The number of hydrogen-bond donors (Lipinski definition) is 2. The fourth-order valence-corrected chi connectivity index (χ4v) is 3.83. The van der Waals surface area contributed by atoms with E-state index < -0.39 is 5.82 Å². The van der Waals surface area contributed by atoms with Gasteiger partial charge in [0.15, 0.2) is 0 Å². The molecule has 1 amide bonds. The lowest BCUT2D eigenvalue weighted by Crippen LogP contribution is -2.44. The van der Waals surface area contributed by atoms with E-state index in [1.807, 2.05) is 11.8 Å². The molecule has 1 heterocycles. The third-order valence-corrected chi connectivity index (χ3v) is 4.38. The van der Waals surface area contributed by atoms with Gasteiger partial charge in [-0.3, -0.25) is 9.69 Å². The summed E-state index contributed by atoms with van der Waals surface area (Å²) in [5.41, 5.74) is 6.42. The summed E-state index contributed by atoms with van der Waals surface area (Å²) >= 11 is 1.94. The summed E-state index contributed by atoms with van der Waals surface area (Å²) in [5.74, 6) is -0.570. The van der Waals surface area contributed by atoms with Crippen molar-refractivity contribution in [1.29, 1.82) is 0 Å². The first-order chi connectivity index (χ1) is 9.44. The van der Waals surface area contributed by atoms with E-state index in [2.05, 4.69) is 24.1 Å². The summed E-state index contributed by atoms with van der Waals surface area (Å²) in [6.45, 7) is 6.42. The molecule has 3 N–H and O–H groups in total. The molecule has 4 nitrogen and oxygen atoms in total. The molecule has 0 bridgehead atoms. The van der Waals surface area contributed by atoms with Gasteiger partial charge in [-0.1, -0.05) is 13.8 Å². The van der Waals surface area contributed by atoms with Crippen LogP contribution in [-0.2, 0) is 4.79 Å². The molecule has 1 aromatic carbocycles. The third kappa shape index (κ3) is 4.11. The number of nitrogen functional groups attached to an aromatic ring is 1. The summed E-state index contributed by atoms with van der Waals surface area (Å²) in [6, 6.07) is 3.97. The van der Waals surface area contributed by atoms with E-state index in [0.29, 0.717) is 28.4 Å². The van der Waals surface area contributed by atoms with Crippen molar-refractivity contribution < 1.29 is 9.18 Å². The topological polar surface area (TPSA) is 58.4 Å². The number of nitrogens with one attached hydrogen (secondary N) is 1. The second-order valence-corrected chi connectivity index (χ2v) is 7.11. The number of thioether (sulfide) groups is 1. The zero-order chi connectivity index (χ0) is 14.7. The van der Waals surface area contributed by atoms with Crippen LogP contribution in [0.25, 0.3) is 0 Å². The summed E-state index contributed by atoms with van der Waals surface area (Å²) in [6.07, 6.45) is 0. The van der Waals surface area contributed by atoms with E-state index in [0.717, 1.165) is 13.1 Å². The van der Waals surface area contributed by atoms with Crippen molar-refractivity contribution in [1.82, 2.24) is 4.90 Å². The van der Waals surface area contributed by atoms with Crippen molar-refractivity contribution in [2.45, 2.75) is 24.3 Å². The SMILES string of the molecule is CC1CN(CC(=O)Nc2cc(F)ccc2N)CC(C)S1. The molecule has 0 spiro atoms. The van der Waals surface area contributed by atoms with Gasteiger partial charge in [-0.05, 0) is 18.2 Å². The van der Waals surface area contributed by atoms with Crippen molar-refractivity contribution in [3.8, 4) is 0 Å². The van der Waals surface area contributed by atoms with Crippen LogP contribution in [0.5, 0.6) is 0 Å². The Morgan fingerprint density at radius 3 is 2.75 bits per heavy atom. The Bertz CT molecular complexity index is 487. The quantitative estimate of drug-likeness (QED) is 0.840. The van der Waals surface area contributed by atoms with Crippen LogP contribution in [0.1, 0.15) is 13.8 Å². The summed E-state index contributed by atoms with van der Waals surface area (Å²) in [4.78, 5) is 14.1. The van der Waals surface area contributed by atoms with Crippen LogP contribution in [0.15, 0.2) is 18.2 Å². The Kier molecular flexibility index (Phi) is 4.88. The molecule has 2 rings (SSSR count). The Morgan fingerprint density at radius 1 is 1.45 bits per heavy atom. The van der Waals surface area contributed by atoms with E-state index in [9.17, 15) is 9.18 Å². The first-order valence-electron chi connectivity index (χ1n) is 6.66. The van der Waals surface area contributed by atoms with Crippen LogP contribution in [0, 0.1) is 5.82 Å². The Balaban J connectivity index is 1.93. The largest absolute Gasteiger partial charge is 0.397 e. The first kappa shape index (κ1) is 15.1. The van der Waals surface area contributed by atoms with Gasteiger partial charge in [0.25, 0.3) is 0 Å². The summed E-state index contributed by atoms with van der Waals surface area (Å²) in [7, 11) is 0. The van der Waals surface area contributed by atoms with Crippen LogP contribution < -0.4 is 11.1 Å². The summed E-state index contributed by atoms with van der Waals surface area (Å²) in [5, 5.41) is 3.71. The number of amides is 1. The molecule has 110 valence electrons. The average Bonchev–Trinajstić information content (AvgIpc) is 2.32. The normalized spacial score (nSPS) is 23.6. The van der Waals surface area contributed by atoms with E-state index >= 15 is 0 Å². The molecule has 6 heteroatoms. The molecule has 0 aromatic heterocycles. The predicted molar refractivity (Wildman–Crippen MR) is 82.4 cm³/mol. The molecule has 1 fully saturated rings. The molecule has 0 saturated carbocycles. The van der Waals surface area contributed by atoms with Crippen LogP contribution in [0.3, 0.4) is 0 Å². The Hall–Kier alpha value is -1.27. The number of benzene rings is 1. The number of carbonyl (C=O) groups is 1. The van der Waals surface area contributed by atoms with Gasteiger partial charge in [-0.15, -0.1) is 0 Å². The number of nitrogens with two attached hydrogens (primary N) is 1. The van der Waals surface area contributed by atoms with Gasteiger partial charge in [0.05, 0.1) is 17.9 Å². The minimum atomic E-state index is -0.411. The van der Waals surface area contributed by atoms with E-state index in [1.165, 1.54) is 18.2 Å². The zero-order valence-corrected chi connectivity index (χ0v) is 12.5. The number of rotatable bonds is 3. The molecule has 1 saturated heterocycles. The Labute approximate surface area is 122 Å². The monoisotopic (exact) mass is 297 g/mol. The number of hydrogen-bond acceptors (Lipinski definition) is 4. The lowest BCUT2D eigenvalue weighted by molar-refractivity contribution is -0.117.